The minimum atomic E-state index is -0.174. The maximum Gasteiger partial charge on any atom is 0.294 e. The molecule has 148 valence electrons. The first-order valence-electron chi connectivity index (χ1n) is 9.47. The third kappa shape index (κ3) is 4.31. The van der Waals surface area contributed by atoms with E-state index in [1.54, 1.807) is 21.6 Å². The second kappa shape index (κ2) is 9.32. The Balaban J connectivity index is 1.91. The van der Waals surface area contributed by atoms with E-state index in [0.717, 1.165) is 11.0 Å². The van der Waals surface area contributed by atoms with Crippen LogP contribution in [0.3, 0.4) is 0 Å². The number of amides is 1. The van der Waals surface area contributed by atoms with Crippen molar-refractivity contribution in [3.8, 4) is 0 Å². The molecule has 0 bridgehead atoms. The van der Waals surface area contributed by atoms with Crippen LogP contribution in [-0.4, -0.2) is 59.8 Å². The van der Waals surface area contributed by atoms with Crippen molar-refractivity contribution < 1.29 is 9.53 Å². The lowest BCUT2D eigenvalue weighted by Crippen LogP contribution is -2.41. The van der Waals surface area contributed by atoms with Gasteiger partial charge in [0.15, 0.2) is 5.82 Å². The van der Waals surface area contributed by atoms with Gasteiger partial charge < -0.3 is 19.1 Å². The summed E-state index contributed by atoms with van der Waals surface area (Å²) < 4.78 is 7.04. The average Bonchev–Trinajstić information content (AvgIpc) is 2.73. The molecule has 28 heavy (non-hydrogen) atoms. The van der Waals surface area contributed by atoms with Crippen molar-refractivity contribution >= 4 is 22.8 Å². The second-order valence-electron chi connectivity index (χ2n) is 6.61. The molecule has 1 aliphatic heterocycles. The molecule has 0 saturated carbocycles. The number of rotatable bonds is 8. The molecule has 7 nitrogen and oxygen atoms in total. The highest BCUT2D eigenvalue weighted by Gasteiger charge is 2.20. The number of benzene rings is 1. The quantitative estimate of drug-likeness (QED) is 0.652. The van der Waals surface area contributed by atoms with Crippen molar-refractivity contribution in [1.82, 2.24) is 14.5 Å². The Kier molecular flexibility index (Phi) is 6.60. The number of para-hydroxylation sites is 2. The van der Waals surface area contributed by atoms with E-state index in [1.165, 1.54) is 0 Å². The van der Waals surface area contributed by atoms with E-state index >= 15 is 0 Å². The van der Waals surface area contributed by atoms with Gasteiger partial charge in [0, 0.05) is 39.1 Å². The standard InChI is InChI=1S/C21H26N4O3/c1-3-10-23(11-4-2)19(26)9-12-25-18-8-6-5-7-17(18)22-20(21(25)27)24-13-15-28-16-14-24/h3-8H,1-2,9-16H2. The van der Waals surface area contributed by atoms with Crippen molar-refractivity contribution in [2.24, 2.45) is 0 Å². The molecule has 1 aromatic heterocycles. The second-order valence-corrected chi connectivity index (χ2v) is 6.61. The largest absolute Gasteiger partial charge is 0.378 e. The van der Waals surface area contributed by atoms with Crippen LogP contribution in [0.4, 0.5) is 5.82 Å². The summed E-state index contributed by atoms with van der Waals surface area (Å²) in [5, 5.41) is 0. The number of nitrogens with zero attached hydrogens (tertiary/aromatic N) is 4. The number of hydrogen-bond donors (Lipinski definition) is 0. The Morgan fingerprint density at radius 3 is 2.54 bits per heavy atom. The highest BCUT2D eigenvalue weighted by molar-refractivity contribution is 5.78. The summed E-state index contributed by atoms with van der Waals surface area (Å²) in [6, 6.07) is 7.52. The third-order valence-electron chi connectivity index (χ3n) is 4.75. The van der Waals surface area contributed by atoms with Gasteiger partial charge in [-0.3, -0.25) is 9.59 Å². The summed E-state index contributed by atoms with van der Waals surface area (Å²) in [6.45, 7) is 11.0. The van der Waals surface area contributed by atoms with Gasteiger partial charge in [0.2, 0.25) is 5.91 Å². The fourth-order valence-corrected chi connectivity index (χ4v) is 3.34. The SMILES string of the molecule is C=CCN(CC=C)C(=O)CCn1c(=O)c(N2CCOCC2)nc2ccccc21. The highest BCUT2D eigenvalue weighted by atomic mass is 16.5. The van der Waals surface area contributed by atoms with Crippen LogP contribution in [0.2, 0.25) is 0 Å². The van der Waals surface area contributed by atoms with Gasteiger partial charge in [-0.2, -0.15) is 0 Å². The Labute approximate surface area is 164 Å². The molecule has 0 spiro atoms. The Hall–Kier alpha value is -2.93. The normalized spacial score (nSPS) is 14.1. The van der Waals surface area contributed by atoms with E-state index in [1.807, 2.05) is 29.2 Å². The summed E-state index contributed by atoms with van der Waals surface area (Å²) in [5.41, 5.74) is 1.30. The Bertz CT molecular complexity index is 905. The van der Waals surface area contributed by atoms with Crippen LogP contribution in [-0.2, 0) is 16.1 Å². The van der Waals surface area contributed by atoms with Gasteiger partial charge in [0.05, 0.1) is 24.2 Å². The number of carbonyl (C=O) groups is 1. The zero-order valence-electron chi connectivity index (χ0n) is 16.0. The van der Waals surface area contributed by atoms with Crippen LogP contribution >= 0.6 is 0 Å². The van der Waals surface area contributed by atoms with Crippen molar-refractivity contribution in [3.63, 3.8) is 0 Å². The lowest BCUT2D eigenvalue weighted by molar-refractivity contribution is -0.130. The minimum absolute atomic E-state index is 0.0412. The molecule has 1 saturated heterocycles. The van der Waals surface area contributed by atoms with Crippen LogP contribution in [0.15, 0.2) is 54.4 Å². The highest BCUT2D eigenvalue weighted by Crippen LogP contribution is 2.16. The van der Waals surface area contributed by atoms with E-state index in [2.05, 4.69) is 18.1 Å². The summed E-state index contributed by atoms with van der Waals surface area (Å²) in [4.78, 5) is 34.0. The molecule has 0 N–H and O–H groups in total. The number of aromatic nitrogens is 2. The van der Waals surface area contributed by atoms with Crippen molar-refractivity contribution in [1.29, 1.82) is 0 Å². The predicted octanol–water partition coefficient (Wildman–Crippen LogP) is 1.82. The molecule has 1 aromatic carbocycles. The first-order chi connectivity index (χ1) is 13.7. The van der Waals surface area contributed by atoms with Gasteiger partial charge >= 0.3 is 0 Å². The molecular weight excluding hydrogens is 356 g/mol. The van der Waals surface area contributed by atoms with Gasteiger partial charge in [0.1, 0.15) is 0 Å². The number of ether oxygens (including phenoxy) is 1. The average molecular weight is 382 g/mol. The Morgan fingerprint density at radius 1 is 1.18 bits per heavy atom. The summed E-state index contributed by atoms with van der Waals surface area (Å²) in [5.74, 6) is 0.379. The first-order valence-corrected chi connectivity index (χ1v) is 9.47. The predicted molar refractivity (Wildman–Crippen MR) is 111 cm³/mol. The molecule has 3 rings (SSSR count). The lowest BCUT2D eigenvalue weighted by atomic mass is 10.2. The van der Waals surface area contributed by atoms with E-state index in [9.17, 15) is 9.59 Å². The zero-order chi connectivity index (χ0) is 19.9. The number of fused-ring (bicyclic) bond motifs is 1. The Morgan fingerprint density at radius 2 is 1.86 bits per heavy atom. The molecule has 0 aliphatic carbocycles. The van der Waals surface area contributed by atoms with E-state index in [-0.39, 0.29) is 17.9 Å². The van der Waals surface area contributed by atoms with Crippen molar-refractivity contribution in [2.75, 3.05) is 44.3 Å². The van der Waals surface area contributed by atoms with Gasteiger partial charge in [-0.15, -0.1) is 13.2 Å². The van der Waals surface area contributed by atoms with E-state index in [4.69, 9.17) is 4.74 Å². The number of morpholine rings is 1. The van der Waals surface area contributed by atoms with Crippen LogP contribution in [0, 0.1) is 0 Å². The molecular formula is C21H26N4O3. The summed E-state index contributed by atoms with van der Waals surface area (Å²) in [7, 11) is 0. The van der Waals surface area contributed by atoms with Gasteiger partial charge in [-0.05, 0) is 12.1 Å². The van der Waals surface area contributed by atoms with Crippen LogP contribution in [0.1, 0.15) is 6.42 Å². The zero-order valence-corrected chi connectivity index (χ0v) is 16.0. The van der Waals surface area contributed by atoms with E-state index < -0.39 is 0 Å². The maximum atomic E-state index is 13.2. The number of hydrogen-bond acceptors (Lipinski definition) is 5. The summed E-state index contributed by atoms with van der Waals surface area (Å²) in [6.07, 6.45) is 3.59. The van der Waals surface area contributed by atoms with Crippen molar-refractivity contribution in [2.45, 2.75) is 13.0 Å². The fraction of sp³-hybridized carbons (Fsp3) is 0.381. The lowest BCUT2D eigenvalue weighted by Gasteiger charge is -2.28. The molecule has 1 fully saturated rings. The van der Waals surface area contributed by atoms with Crippen LogP contribution in [0.25, 0.3) is 11.0 Å². The molecule has 1 aliphatic rings. The van der Waals surface area contributed by atoms with Crippen molar-refractivity contribution in [3.05, 3.63) is 59.9 Å². The molecule has 0 unspecified atom stereocenters. The van der Waals surface area contributed by atoms with E-state index in [0.29, 0.717) is 51.8 Å². The van der Waals surface area contributed by atoms with Gasteiger partial charge in [-0.1, -0.05) is 24.3 Å². The fourth-order valence-electron chi connectivity index (χ4n) is 3.34. The molecule has 2 aromatic rings. The topological polar surface area (TPSA) is 67.7 Å². The molecule has 0 radical (unpaired) electrons. The first kappa shape index (κ1) is 19.8. The molecule has 2 heterocycles. The smallest absolute Gasteiger partial charge is 0.294 e. The minimum Gasteiger partial charge on any atom is -0.378 e. The number of carbonyl (C=O) groups excluding carboxylic acids is 1. The molecule has 0 atom stereocenters. The number of anilines is 1. The van der Waals surface area contributed by atoms with Crippen LogP contribution in [0.5, 0.6) is 0 Å². The summed E-state index contributed by atoms with van der Waals surface area (Å²) >= 11 is 0. The van der Waals surface area contributed by atoms with Gasteiger partial charge in [0.25, 0.3) is 5.56 Å². The maximum absolute atomic E-state index is 13.2. The number of aryl methyl sites for hydroxylation is 1. The molecule has 7 heteroatoms. The van der Waals surface area contributed by atoms with Gasteiger partial charge in [-0.25, -0.2) is 4.98 Å². The molecule has 1 amide bonds. The van der Waals surface area contributed by atoms with Crippen LogP contribution < -0.4 is 10.5 Å². The third-order valence-corrected chi connectivity index (χ3v) is 4.75. The monoisotopic (exact) mass is 382 g/mol.